The largest absolute Gasteiger partial charge is 0.399 e. The van der Waals surface area contributed by atoms with Gasteiger partial charge in [0.2, 0.25) is 0 Å². The maximum absolute atomic E-state index is 11.5. The number of nitrogens with two attached hydrogens (primary N) is 2. The summed E-state index contributed by atoms with van der Waals surface area (Å²) in [6, 6.07) is 10.9. The fourth-order valence-electron chi connectivity index (χ4n) is 1.83. The second-order valence-corrected chi connectivity index (χ2v) is 5.50. The van der Waals surface area contributed by atoms with Gasteiger partial charge < -0.3 is 16.8 Å². The zero-order chi connectivity index (χ0) is 14.7. The fourth-order valence-corrected chi connectivity index (χ4v) is 2.55. The second-order valence-electron chi connectivity index (χ2n) is 4.23. The first kappa shape index (κ1) is 14.7. The van der Waals surface area contributed by atoms with Crippen molar-refractivity contribution in [3.05, 3.63) is 57.0 Å². The number of nitrogen functional groups attached to an aromatic ring is 1. The number of primary amides is 1. The van der Waals surface area contributed by atoms with Crippen molar-refractivity contribution < 1.29 is 4.79 Å². The maximum atomic E-state index is 11.5. The van der Waals surface area contributed by atoms with Gasteiger partial charge in [-0.3, -0.25) is 4.79 Å². The molecule has 0 aliphatic heterocycles. The molecule has 6 heteroatoms. The van der Waals surface area contributed by atoms with E-state index in [-0.39, 0.29) is 5.56 Å². The van der Waals surface area contributed by atoms with Crippen LogP contribution in [-0.2, 0) is 6.54 Å². The molecule has 1 amide bonds. The van der Waals surface area contributed by atoms with Crippen LogP contribution in [0.15, 0.2) is 40.9 Å². The minimum Gasteiger partial charge on any atom is -0.399 e. The van der Waals surface area contributed by atoms with Crippen LogP contribution in [0.1, 0.15) is 15.9 Å². The normalized spacial score (nSPS) is 10.3. The van der Waals surface area contributed by atoms with Gasteiger partial charge in [-0.1, -0.05) is 45.7 Å². The second kappa shape index (κ2) is 6.15. The molecule has 0 aliphatic carbocycles. The molecule has 2 aromatic carbocycles. The third-order valence-electron chi connectivity index (χ3n) is 2.79. The van der Waals surface area contributed by atoms with E-state index < -0.39 is 5.91 Å². The monoisotopic (exact) mass is 353 g/mol. The summed E-state index contributed by atoms with van der Waals surface area (Å²) < 4.78 is 0.972. The summed E-state index contributed by atoms with van der Waals surface area (Å²) in [5.41, 5.74) is 13.2. The van der Waals surface area contributed by atoms with E-state index in [9.17, 15) is 4.79 Å². The van der Waals surface area contributed by atoms with Gasteiger partial charge in [0.1, 0.15) is 0 Å². The van der Waals surface area contributed by atoms with E-state index in [2.05, 4.69) is 21.2 Å². The van der Waals surface area contributed by atoms with Crippen LogP contribution in [-0.4, -0.2) is 5.91 Å². The number of amides is 1. The zero-order valence-corrected chi connectivity index (χ0v) is 12.8. The number of hydrogen-bond acceptors (Lipinski definition) is 3. The van der Waals surface area contributed by atoms with Gasteiger partial charge in [-0.05, 0) is 23.8 Å². The van der Waals surface area contributed by atoms with Crippen LogP contribution in [0, 0.1) is 0 Å². The molecule has 0 unspecified atom stereocenters. The molecule has 2 rings (SSSR count). The Hall–Kier alpha value is -1.72. The molecular formula is C14H13BrClN3O. The summed E-state index contributed by atoms with van der Waals surface area (Å²) in [6.07, 6.45) is 0. The summed E-state index contributed by atoms with van der Waals surface area (Å²) in [5, 5.41) is 3.50. The van der Waals surface area contributed by atoms with Gasteiger partial charge in [0.05, 0.1) is 16.3 Å². The van der Waals surface area contributed by atoms with Gasteiger partial charge in [-0.2, -0.15) is 0 Å². The Morgan fingerprint density at radius 2 is 2.00 bits per heavy atom. The Bertz CT molecular complexity index is 661. The van der Waals surface area contributed by atoms with Crippen LogP contribution in [0.25, 0.3) is 0 Å². The molecule has 0 saturated heterocycles. The molecule has 0 saturated carbocycles. The third-order valence-corrected chi connectivity index (χ3v) is 3.86. The molecular weight excluding hydrogens is 342 g/mol. The lowest BCUT2D eigenvalue weighted by Gasteiger charge is -2.13. The van der Waals surface area contributed by atoms with E-state index >= 15 is 0 Å². The molecule has 5 N–H and O–H groups in total. The molecule has 0 aliphatic rings. The number of anilines is 2. The van der Waals surface area contributed by atoms with E-state index in [0.29, 0.717) is 22.9 Å². The molecule has 104 valence electrons. The molecule has 0 bridgehead atoms. The lowest BCUT2D eigenvalue weighted by Crippen LogP contribution is -2.15. The van der Waals surface area contributed by atoms with Crippen molar-refractivity contribution in [2.75, 3.05) is 11.1 Å². The first-order valence-corrected chi connectivity index (χ1v) is 7.02. The third kappa shape index (κ3) is 3.23. The van der Waals surface area contributed by atoms with Crippen LogP contribution in [0.4, 0.5) is 11.4 Å². The quantitative estimate of drug-likeness (QED) is 0.736. The topological polar surface area (TPSA) is 81.1 Å². The predicted molar refractivity (Wildman–Crippen MR) is 85.9 cm³/mol. The summed E-state index contributed by atoms with van der Waals surface area (Å²) >= 11 is 9.59. The average molecular weight is 355 g/mol. The van der Waals surface area contributed by atoms with Crippen LogP contribution in [0.3, 0.4) is 0 Å². The molecule has 0 aromatic heterocycles. The minimum atomic E-state index is -0.575. The maximum Gasteiger partial charge on any atom is 0.250 e. The standard InChI is InChI=1S/C14H13BrClN3O/c15-11-4-2-1-3-8(11)7-19-13-10(14(18)20)5-9(17)6-12(13)16/h1-6,19H,7,17H2,(H2,18,20). The number of hydrogen-bond donors (Lipinski definition) is 3. The van der Waals surface area contributed by atoms with Crippen molar-refractivity contribution in [2.24, 2.45) is 5.73 Å². The van der Waals surface area contributed by atoms with Gasteiger partial charge in [0.25, 0.3) is 5.91 Å². The molecule has 0 spiro atoms. The number of halogens is 2. The van der Waals surface area contributed by atoms with Crippen LogP contribution >= 0.6 is 27.5 Å². The molecule has 0 heterocycles. The Labute approximate surface area is 130 Å². The van der Waals surface area contributed by atoms with E-state index in [4.69, 9.17) is 23.1 Å². The van der Waals surface area contributed by atoms with E-state index in [0.717, 1.165) is 10.0 Å². The van der Waals surface area contributed by atoms with E-state index in [1.165, 1.54) is 6.07 Å². The highest BCUT2D eigenvalue weighted by Crippen LogP contribution is 2.30. The average Bonchev–Trinajstić information content (AvgIpc) is 2.38. The Balaban J connectivity index is 2.30. The highest BCUT2D eigenvalue weighted by atomic mass is 79.9. The highest BCUT2D eigenvalue weighted by Gasteiger charge is 2.13. The summed E-state index contributed by atoms with van der Waals surface area (Å²) in [7, 11) is 0. The molecule has 0 radical (unpaired) electrons. The van der Waals surface area contributed by atoms with Crippen LogP contribution in [0.2, 0.25) is 5.02 Å². The summed E-state index contributed by atoms with van der Waals surface area (Å²) in [6.45, 7) is 0.505. The van der Waals surface area contributed by atoms with Crippen LogP contribution in [0.5, 0.6) is 0 Å². The van der Waals surface area contributed by atoms with Crippen molar-refractivity contribution in [1.29, 1.82) is 0 Å². The summed E-state index contributed by atoms with van der Waals surface area (Å²) in [4.78, 5) is 11.5. The van der Waals surface area contributed by atoms with E-state index in [1.54, 1.807) is 6.07 Å². The first-order valence-electron chi connectivity index (χ1n) is 5.85. The first-order chi connectivity index (χ1) is 9.49. The molecule has 4 nitrogen and oxygen atoms in total. The zero-order valence-electron chi connectivity index (χ0n) is 10.5. The number of carbonyl (C=O) groups excluding carboxylic acids is 1. The van der Waals surface area contributed by atoms with Crippen molar-refractivity contribution in [3.8, 4) is 0 Å². The Morgan fingerprint density at radius 3 is 2.65 bits per heavy atom. The lowest BCUT2D eigenvalue weighted by molar-refractivity contribution is 0.100. The number of carbonyl (C=O) groups is 1. The molecule has 0 atom stereocenters. The van der Waals surface area contributed by atoms with Crippen molar-refractivity contribution in [1.82, 2.24) is 0 Å². The summed E-state index contributed by atoms with van der Waals surface area (Å²) in [5.74, 6) is -0.575. The Morgan fingerprint density at radius 1 is 1.30 bits per heavy atom. The van der Waals surface area contributed by atoms with Gasteiger partial charge in [-0.15, -0.1) is 0 Å². The Kier molecular flexibility index (Phi) is 4.52. The van der Waals surface area contributed by atoms with Crippen molar-refractivity contribution in [2.45, 2.75) is 6.54 Å². The van der Waals surface area contributed by atoms with Gasteiger partial charge in [-0.25, -0.2) is 0 Å². The van der Waals surface area contributed by atoms with Crippen molar-refractivity contribution >= 4 is 44.8 Å². The van der Waals surface area contributed by atoms with Gasteiger partial charge in [0.15, 0.2) is 0 Å². The fraction of sp³-hybridized carbons (Fsp3) is 0.0714. The molecule has 2 aromatic rings. The molecule has 20 heavy (non-hydrogen) atoms. The lowest BCUT2D eigenvalue weighted by atomic mass is 10.1. The van der Waals surface area contributed by atoms with Crippen molar-refractivity contribution in [3.63, 3.8) is 0 Å². The minimum absolute atomic E-state index is 0.280. The van der Waals surface area contributed by atoms with Gasteiger partial charge in [0, 0.05) is 16.7 Å². The number of nitrogens with one attached hydrogen (secondary N) is 1. The molecule has 0 fully saturated rings. The smallest absolute Gasteiger partial charge is 0.250 e. The number of rotatable bonds is 4. The highest BCUT2D eigenvalue weighted by molar-refractivity contribution is 9.10. The number of benzene rings is 2. The van der Waals surface area contributed by atoms with Crippen LogP contribution < -0.4 is 16.8 Å². The SMILES string of the molecule is NC(=O)c1cc(N)cc(Cl)c1NCc1ccccc1Br. The van der Waals surface area contributed by atoms with Gasteiger partial charge >= 0.3 is 0 Å². The van der Waals surface area contributed by atoms with E-state index in [1.807, 2.05) is 24.3 Å². The predicted octanol–water partition coefficient (Wildman–Crippen LogP) is 3.40.